The number of hydrogen-bond acceptors (Lipinski definition) is 7. The normalized spacial score (nSPS) is 16.1. The Morgan fingerprint density at radius 3 is 2.52 bits per heavy atom. The van der Waals surface area contributed by atoms with Gasteiger partial charge in [0, 0.05) is 6.92 Å². The molecule has 0 unspecified atom stereocenters. The molecule has 9 heteroatoms. The van der Waals surface area contributed by atoms with Crippen molar-refractivity contribution in [1.82, 2.24) is 5.32 Å². The monoisotopic (exact) mass is 524 g/mol. The Hall–Kier alpha value is -2.53. The number of esters is 1. The molecule has 1 heterocycles. The molecule has 0 spiro atoms. The first-order chi connectivity index (χ1) is 13.9. The van der Waals surface area contributed by atoms with Crippen LogP contribution in [0.4, 0.5) is 5.69 Å². The first kappa shape index (κ1) is 21.2. The molecule has 1 saturated heterocycles. The SMILES string of the molecule is COc1ccc(N=C2NC(=O)/C(=C/c3cc(I)c(OC(C)=O)c(OC)c3)S2)cc1. The first-order valence-electron chi connectivity index (χ1n) is 8.39. The average Bonchev–Trinajstić information content (AvgIpc) is 3.02. The van der Waals surface area contributed by atoms with E-state index in [0.717, 1.165) is 11.3 Å². The summed E-state index contributed by atoms with van der Waals surface area (Å²) >= 11 is 3.30. The largest absolute Gasteiger partial charge is 0.497 e. The van der Waals surface area contributed by atoms with Crippen molar-refractivity contribution < 1.29 is 23.8 Å². The Kier molecular flexibility index (Phi) is 6.80. The van der Waals surface area contributed by atoms with Gasteiger partial charge in [-0.05, 0) is 82.4 Å². The van der Waals surface area contributed by atoms with Gasteiger partial charge in [-0.2, -0.15) is 0 Å². The number of carbonyl (C=O) groups is 2. The minimum absolute atomic E-state index is 0.236. The predicted molar refractivity (Wildman–Crippen MR) is 121 cm³/mol. The lowest BCUT2D eigenvalue weighted by molar-refractivity contribution is -0.132. The minimum atomic E-state index is -0.433. The van der Waals surface area contributed by atoms with Crippen molar-refractivity contribution in [3.8, 4) is 17.2 Å². The van der Waals surface area contributed by atoms with E-state index < -0.39 is 5.97 Å². The Balaban J connectivity index is 1.85. The number of amidine groups is 1. The molecule has 7 nitrogen and oxygen atoms in total. The summed E-state index contributed by atoms with van der Waals surface area (Å²) in [6.07, 6.45) is 1.73. The van der Waals surface area contributed by atoms with Gasteiger partial charge in [-0.1, -0.05) is 0 Å². The van der Waals surface area contributed by atoms with Crippen molar-refractivity contribution in [3.63, 3.8) is 0 Å². The van der Waals surface area contributed by atoms with E-state index >= 15 is 0 Å². The van der Waals surface area contributed by atoms with Crippen LogP contribution in [-0.4, -0.2) is 31.3 Å². The lowest BCUT2D eigenvalue weighted by Crippen LogP contribution is -2.19. The number of methoxy groups -OCH3 is 2. The minimum Gasteiger partial charge on any atom is -0.497 e. The summed E-state index contributed by atoms with van der Waals surface area (Å²) in [5, 5.41) is 3.24. The van der Waals surface area contributed by atoms with Crippen LogP contribution in [0, 0.1) is 3.57 Å². The predicted octanol–water partition coefficient (Wildman–Crippen LogP) is 4.13. The molecular formula is C20H17IN2O5S. The average molecular weight is 524 g/mol. The molecule has 0 saturated carbocycles. The number of ether oxygens (including phenoxy) is 3. The maximum atomic E-state index is 12.3. The molecule has 3 rings (SSSR count). The van der Waals surface area contributed by atoms with Crippen molar-refractivity contribution in [1.29, 1.82) is 0 Å². The molecule has 1 amide bonds. The van der Waals surface area contributed by atoms with Crippen LogP contribution in [0.15, 0.2) is 46.3 Å². The molecule has 1 aliphatic heterocycles. The second kappa shape index (κ2) is 9.31. The maximum absolute atomic E-state index is 12.3. The summed E-state index contributed by atoms with van der Waals surface area (Å²) in [7, 11) is 3.09. The zero-order valence-corrected chi connectivity index (χ0v) is 18.8. The van der Waals surface area contributed by atoms with Crippen LogP contribution in [0.5, 0.6) is 17.2 Å². The molecule has 0 aromatic heterocycles. The zero-order chi connectivity index (χ0) is 21.0. The molecular weight excluding hydrogens is 507 g/mol. The smallest absolute Gasteiger partial charge is 0.308 e. The van der Waals surface area contributed by atoms with E-state index in [4.69, 9.17) is 14.2 Å². The van der Waals surface area contributed by atoms with Gasteiger partial charge in [-0.25, -0.2) is 4.99 Å². The Bertz CT molecular complexity index is 1020. The summed E-state index contributed by atoms with van der Waals surface area (Å²) in [4.78, 5) is 28.6. The van der Waals surface area contributed by atoms with Crippen LogP contribution < -0.4 is 19.5 Å². The van der Waals surface area contributed by atoms with Crippen molar-refractivity contribution in [2.75, 3.05) is 14.2 Å². The van der Waals surface area contributed by atoms with E-state index in [-0.39, 0.29) is 5.91 Å². The van der Waals surface area contributed by atoms with Crippen molar-refractivity contribution in [2.45, 2.75) is 6.92 Å². The third-order valence-corrected chi connectivity index (χ3v) is 5.46. The van der Waals surface area contributed by atoms with Gasteiger partial charge in [-0.15, -0.1) is 0 Å². The summed E-state index contributed by atoms with van der Waals surface area (Å²) < 4.78 is 16.4. The summed E-state index contributed by atoms with van der Waals surface area (Å²) in [6.45, 7) is 1.33. The number of benzene rings is 2. The molecule has 0 bridgehead atoms. The highest BCUT2D eigenvalue weighted by Crippen LogP contribution is 2.36. The second-order valence-electron chi connectivity index (χ2n) is 5.81. The van der Waals surface area contributed by atoms with Gasteiger partial charge in [-0.3, -0.25) is 9.59 Å². The lowest BCUT2D eigenvalue weighted by atomic mass is 10.2. The Morgan fingerprint density at radius 2 is 1.90 bits per heavy atom. The van der Waals surface area contributed by atoms with Crippen LogP contribution in [0.25, 0.3) is 6.08 Å². The fourth-order valence-corrected chi connectivity index (χ4v) is 4.05. The van der Waals surface area contributed by atoms with Gasteiger partial charge in [0.25, 0.3) is 5.91 Å². The van der Waals surface area contributed by atoms with E-state index in [2.05, 4.69) is 32.9 Å². The van der Waals surface area contributed by atoms with E-state index in [1.165, 1.54) is 25.8 Å². The summed E-state index contributed by atoms with van der Waals surface area (Å²) in [5.74, 6) is 0.832. The van der Waals surface area contributed by atoms with Gasteiger partial charge < -0.3 is 19.5 Å². The van der Waals surface area contributed by atoms with Crippen molar-refractivity contribution in [3.05, 3.63) is 50.4 Å². The second-order valence-corrected chi connectivity index (χ2v) is 8.00. The number of thioether (sulfide) groups is 1. The number of halogens is 1. The highest BCUT2D eigenvalue weighted by atomic mass is 127. The van der Waals surface area contributed by atoms with Crippen LogP contribution in [0.1, 0.15) is 12.5 Å². The van der Waals surface area contributed by atoms with Crippen LogP contribution >= 0.6 is 34.4 Å². The van der Waals surface area contributed by atoms with Crippen molar-refractivity contribution in [2.24, 2.45) is 4.99 Å². The van der Waals surface area contributed by atoms with E-state index in [0.29, 0.717) is 30.8 Å². The number of nitrogens with zero attached hydrogens (tertiary/aromatic N) is 1. The van der Waals surface area contributed by atoms with Crippen LogP contribution in [0.3, 0.4) is 0 Å². The number of amides is 1. The fraction of sp³-hybridized carbons (Fsp3) is 0.150. The van der Waals surface area contributed by atoms with Gasteiger partial charge in [0.1, 0.15) is 5.75 Å². The molecule has 150 valence electrons. The molecule has 1 N–H and O–H groups in total. The molecule has 29 heavy (non-hydrogen) atoms. The van der Waals surface area contributed by atoms with E-state index in [9.17, 15) is 9.59 Å². The molecule has 0 aliphatic carbocycles. The lowest BCUT2D eigenvalue weighted by Gasteiger charge is -2.11. The van der Waals surface area contributed by atoms with Crippen molar-refractivity contribution >= 4 is 63.2 Å². The highest BCUT2D eigenvalue weighted by Gasteiger charge is 2.24. The van der Waals surface area contributed by atoms with Gasteiger partial charge in [0.15, 0.2) is 16.7 Å². The molecule has 2 aromatic carbocycles. The molecule has 0 atom stereocenters. The Labute approximate surface area is 185 Å². The van der Waals surface area contributed by atoms with Gasteiger partial charge in [0.05, 0.1) is 28.4 Å². The maximum Gasteiger partial charge on any atom is 0.308 e. The topological polar surface area (TPSA) is 86.2 Å². The number of aliphatic imine (C=N–C) groups is 1. The van der Waals surface area contributed by atoms with Gasteiger partial charge in [0.2, 0.25) is 0 Å². The van der Waals surface area contributed by atoms with E-state index in [1.54, 1.807) is 49.6 Å². The van der Waals surface area contributed by atoms with Crippen LogP contribution in [0.2, 0.25) is 0 Å². The number of nitrogens with one attached hydrogen (secondary N) is 1. The molecule has 1 fully saturated rings. The molecule has 1 aliphatic rings. The third-order valence-electron chi connectivity index (χ3n) is 3.75. The van der Waals surface area contributed by atoms with Crippen LogP contribution in [-0.2, 0) is 9.59 Å². The summed E-state index contributed by atoms with van der Waals surface area (Å²) in [6, 6.07) is 10.7. The highest BCUT2D eigenvalue weighted by molar-refractivity contribution is 14.1. The molecule has 2 aromatic rings. The standard InChI is InChI=1S/C20H17IN2O5S/c1-11(24)28-18-15(21)8-12(9-16(18)27-3)10-17-19(25)23-20(29-17)22-13-4-6-14(26-2)7-5-13/h4-10H,1-3H3,(H,22,23,25)/b17-10-. The number of hydrogen-bond donors (Lipinski definition) is 1. The third kappa shape index (κ3) is 5.30. The zero-order valence-electron chi connectivity index (χ0n) is 15.8. The fourth-order valence-electron chi connectivity index (χ4n) is 2.47. The number of rotatable bonds is 5. The quantitative estimate of drug-likeness (QED) is 0.274. The molecule has 0 radical (unpaired) electrons. The van der Waals surface area contributed by atoms with E-state index in [1.807, 2.05) is 0 Å². The van der Waals surface area contributed by atoms with Gasteiger partial charge >= 0.3 is 5.97 Å². The number of carbonyl (C=O) groups excluding carboxylic acids is 2. The summed E-state index contributed by atoms with van der Waals surface area (Å²) in [5.41, 5.74) is 1.45. The first-order valence-corrected chi connectivity index (χ1v) is 10.3. The Morgan fingerprint density at radius 1 is 1.17 bits per heavy atom.